The number of amides is 1. The average Bonchev–Trinajstić information content (AvgIpc) is 3.20. The summed E-state index contributed by atoms with van der Waals surface area (Å²) in [7, 11) is 0. The molecule has 1 saturated carbocycles. The number of nitrogens with one attached hydrogen (secondary N) is 2. The lowest BCUT2D eigenvalue weighted by molar-refractivity contribution is -0.125. The van der Waals surface area contributed by atoms with Crippen LogP contribution in [-0.4, -0.2) is 45.0 Å². The lowest BCUT2D eigenvalue weighted by Crippen LogP contribution is -2.44. The number of fused-ring (bicyclic) bond motifs is 1. The minimum absolute atomic E-state index is 0.0484. The van der Waals surface area contributed by atoms with E-state index in [2.05, 4.69) is 30.2 Å². The van der Waals surface area contributed by atoms with Crippen LogP contribution in [0.1, 0.15) is 25.7 Å². The highest BCUT2D eigenvalue weighted by molar-refractivity contribution is 5.84. The molecule has 2 fully saturated rings. The zero-order valence-corrected chi connectivity index (χ0v) is 11.7. The highest BCUT2D eigenvalue weighted by Gasteiger charge is 2.31. The van der Waals surface area contributed by atoms with Crippen molar-refractivity contribution < 1.29 is 4.79 Å². The van der Waals surface area contributed by atoms with Gasteiger partial charge in [0, 0.05) is 19.1 Å². The Kier molecular flexibility index (Phi) is 2.98. The SMILES string of the molecule is O=C(NC1CC1)[C@H]1CCCN(c2ncnc3nc[nH]c23)C1. The van der Waals surface area contributed by atoms with E-state index < -0.39 is 0 Å². The number of hydrogen-bond donors (Lipinski definition) is 2. The fourth-order valence-corrected chi connectivity index (χ4v) is 2.92. The van der Waals surface area contributed by atoms with E-state index in [1.165, 1.54) is 6.33 Å². The molecule has 110 valence electrons. The molecule has 1 amide bonds. The van der Waals surface area contributed by atoms with E-state index in [1.54, 1.807) is 6.33 Å². The van der Waals surface area contributed by atoms with E-state index in [0.29, 0.717) is 18.2 Å². The van der Waals surface area contributed by atoms with Gasteiger partial charge in [0.1, 0.15) is 11.8 Å². The van der Waals surface area contributed by atoms with Crippen molar-refractivity contribution >= 4 is 22.9 Å². The van der Waals surface area contributed by atoms with Gasteiger partial charge < -0.3 is 15.2 Å². The summed E-state index contributed by atoms with van der Waals surface area (Å²) < 4.78 is 0. The fraction of sp³-hybridized carbons (Fsp3) is 0.571. The van der Waals surface area contributed by atoms with Crippen molar-refractivity contribution in [2.24, 2.45) is 5.92 Å². The molecule has 7 nitrogen and oxygen atoms in total. The third-order valence-corrected chi connectivity index (χ3v) is 4.22. The topological polar surface area (TPSA) is 86.8 Å². The number of nitrogens with zero attached hydrogens (tertiary/aromatic N) is 4. The summed E-state index contributed by atoms with van der Waals surface area (Å²) in [5.41, 5.74) is 1.52. The van der Waals surface area contributed by atoms with Crippen LogP contribution in [0.2, 0.25) is 0 Å². The molecule has 0 unspecified atom stereocenters. The van der Waals surface area contributed by atoms with Crippen LogP contribution in [0.4, 0.5) is 5.82 Å². The van der Waals surface area contributed by atoms with Gasteiger partial charge in [0.05, 0.1) is 12.2 Å². The number of piperidine rings is 1. The number of aromatic nitrogens is 4. The second-order valence-corrected chi connectivity index (χ2v) is 5.87. The molecule has 2 aliphatic rings. The van der Waals surface area contributed by atoms with Crippen molar-refractivity contribution in [3.05, 3.63) is 12.7 Å². The summed E-state index contributed by atoms with van der Waals surface area (Å²) in [5, 5.41) is 3.11. The van der Waals surface area contributed by atoms with Crippen LogP contribution in [0.25, 0.3) is 11.2 Å². The lowest BCUT2D eigenvalue weighted by Gasteiger charge is -2.32. The molecule has 0 spiro atoms. The average molecular weight is 286 g/mol. The van der Waals surface area contributed by atoms with Gasteiger partial charge in [-0.1, -0.05) is 0 Å². The zero-order valence-electron chi connectivity index (χ0n) is 11.7. The Bertz CT molecular complexity index is 664. The monoisotopic (exact) mass is 286 g/mol. The fourth-order valence-electron chi connectivity index (χ4n) is 2.92. The molecule has 2 aromatic heterocycles. The smallest absolute Gasteiger partial charge is 0.225 e. The molecular formula is C14H18N6O. The summed E-state index contributed by atoms with van der Waals surface area (Å²) >= 11 is 0. The highest BCUT2D eigenvalue weighted by Crippen LogP contribution is 2.27. The van der Waals surface area contributed by atoms with E-state index in [0.717, 1.165) is 43.6 Å². The number of H-pyrrole nitrogens is 1. The third-order valence-electron chi connectivity index (χ3n) is 4.22. The van der Waals surface area contributed by atoms with Crippen molar-refractivity contribution in [3.63, 3.8) is 0 Å². The van der Waals surface area contributed by atoms with Crippen LogP contribution in [0, 0.1) is 5.92 Å². The lowest BCUT2D eigenvalue weighted by atomic mass is 9.97. The molecular weight excluding hydrogens is 268 g/mol. The number of imidazole rings is 1. The van der Waals surface area contributed by atoms with Crippen LogP contribution >= 0.6 is 0 Å². The molecule has 7 heteroatoms. The summed E-state index contributed by atoms with van der Waals surface area (Å²) in [4.78, 5) is 30.2. The molecule has 2 aromatic rings. The zero-order chi connectivity index (χ0) is 14.2. The Morgan fingerprint density at radius 2 is 2.19 bits per heavy atom. The van der Waals surface area contributed by atoms with Crippen LogP contribution in [0.5, 0.6) is 0 Å². The summed E-state index contributed by atoms with van der Waals surface area (Å²) in [6.45, 7) is 1.63. The minimum Gasteiger partial charge on any atom is -0.354 e. The highest BCUT2D eigenvalue weighted by atomic mass is 16.2. The van der Waals surface area contributed by atoms with Gasteiger partial charge in [-0.15, -0.1) is 0 Å². The second-order valence-electron chi connectivity index (χ2n) is 5.87. The van der Waals surface area contributed by atoms with Gasteiger partial charge in [-0.3, -0.25) is 4.79 Å². The largest absolute Gasteiger partial charge is 0.354 e. The second kappa shape index (κ2) is 4.98. The molecule has 0 aromatic carbocycles. The number of rotatable bonds is 3. The number of carbonyl (C=O) groups excluding carboxylic acids is 1. The van der Waals surface area contributed by atoms with E-state index in [9.17, 15) is 4.79 Å². The first kappa shape index (κ1) is 12.6. The number of carbonyl (C=O) groups is 1. The van der Waals surface area contributed by atoms with Gasteiger partial charge >= 0.3 is 0 Å². The van der Waals surface area contributed by atoms with Gasteiger partial charge in [0.25, 0.3) is 0 Å². The Morgan fingerprint density at radius 3 is 3.05 bits per heavy atom. The quantitative estimate of drug-likeness (QED) is 0.873. The Morgan fingerprint density at radius 1 is 1.29 bits per heavy atom. The summed E-state index contributed by atoms with van der Waals surface area (Å²) in [5.74, 6) is 1.09. The van der Waals surface area contributed by atoms with Crippen LogP contribution in [0.3, 0.4) is 0 Å². The molecule has 1 saturated heterocycles. The third kappa shape index (κ3) is 2.43. The molecule has 1 aliphatic carbocycles. The predicted octanol–water partition coefficient (Wildman–Crippen LogP) is 0.848. The van der Waals surface area contributed by atoms with Crippen molar-refractivity contribution in [1.29, 1.82) is 0 Å². The Labute approximate surface area is 122 Å². The maximum atomic E-state index is 12.2. The maximum absolute atomic E-state index is 12.2. The standard InChI is InChI=1S/C14H18N6O/c21-14(19-10-3-4-10)9-2-1-5-20(6-9)13-11-12(16-7-15-11)17-8-18-13/h7-10H,1-6H2,(H,19,21)(H,15,16,17,18)/t9-/m0/s1. The normalized spacial score (nSPS) is 22.5. The Hall–Kier alpha value is -2.18. The van der Waals surface area contributed by atoms with Crippen molar-refractivity contribution in [2.75, 3.05) is 18.0 Å². The van der Waals surface area contributed by atoms with Crippen molar-refractivity contribution in [3.8, 4) is 0 Å². The summed E-state index contributed by atoms with van der Waals surface area (Å²) in [6, 6.07) is 0.422. The van der Waals surface area contributed by atoms with Crippen molar-refractivity contribution in [1.82, 2.24) is 25.3 Å². The molecule has 0 bridgehead atoms. The minimum atomic E-state index is 0.0484. The van der Waals surface area contributed by atoms with E-state index in [4.69, 9.17) is 0 Å². The van der Waals surface area contributed by atoms with Gasteiger partial charge in [-0.25, -0.2) is 15.0 Å². The van der Waals surface area contributed by atoms with Gasteiger partial charge in [0.2, 0.25) is 5.91 Å². The number of hydrogen-bond acceptors (Lipinski definition) is 5. The van der Waals surface area contributed by atoms with Gasteiger partial charge in [-0.05, 0) is 25.7 Å². The molecule has 2 N–H and O–H groups in total. The maximum Gasteiger partial charge on any atom is 0.225 e. The molecule has 1 atom stereocenters. The molecule has 21 heavy (non-hydrogen) atoms. The molecule has 4 rings (SSSR count). The first-order chi connectivity index (χ1) is 10.3. The van der Waals surface area contributed by atoms with Crippen LogP contribution in [0.15, 0.2) is 12.7 Å². The van der Waals surface area contributed by atoms with E-state index >= 15 is 0 Å². The van der Waals surface area contributed by atoms with Crippen LogP contribution < -0.4 is 10.2 Å². The summed E-state index contributed by atoms with van der Waals surface area (Å²) in [6.07, 6.45) is 7.37. The number of aromatic amines is 1. The molecule has 0 radical (unpaired) electrons. The van der Waals surface area contributed by atoms with Gasteiger partial charge in [-0.2, -0.15) is 0 Å². The number of anilines is 1. The van der Waals surface area contributed by atoms with E-state index in [1.807, 2.05) is 0 Å². The van der Waals surface area contributed by atoms with E-state index in [-0.39, 0.29) is 11.8 Å². The molecule has 3 heterocycles. The van der Waals surface area contributed by atoms with Crippen LogP contribution in [-0.2, 0) is 4.79 Å². The first-order valence-electron chi connectivity index (χ1n) is 7.50. The first-order valence-corrected chi connectivity index (χ1v) is 7.50. The van der Waals surface area contributed by atoms with Gasteiger partial charge in [0.15, 0.2) is 11.5 Å². The Balaban J connectivity index is 1.54. The predicted molar refractivity (Wildman–Crippen MR) is 77.8 cm³/mol. The van der Waals surface area contributed by atoms with Crippen molar-refractivity contribution in [2.45, 2.75) is 31.7 Å². The molecule has 1 aliphatic heterocycles.